The highest BCUT2D eigenvalue weighted by Gasteiger charge is 2.52. The summed E-state index contributed by atoms with van der Waals surface area (Å²) in [4.78, 5) is 3.91. The first-order chi connectivity index (χ1) is 8.28. The van der Waals surface area contributed by atoms with Crippen LogP contribution in [0, 0.1) is 18.2 Å². The molecule has 0 spiro atoms. The van der Waals surface area contributed by atoms with E-state index in [9.17, 15) is 4.39 Å². The van der Waals surface area contributed by atoms with Gasteiger partial charge in [-0.2, -0.15) is 0 Å². The quantitative estimate of drug-likeness (QED) is 0.556. The van der Waals surface area contributed by atoms with E-state index in [1.165, 1.54) is 12.4 Å². The number of aromatic nitrogens is 1. The maximum atomic E-state index is 14.1. The van der Waals surface area contributed by atoms with Gasteiger partial charge in [0.05, 0.1) is 16.8 Å². The molecular formula is C13H15BFNO2. The summed E-state index contributed by atoms with van der Waals surface area (Å²) in [6, 6.07) is 0. The predicted molar refractivity (Wildman–Crippen MR) is 67.8 cm³/mol. The van der Waals surface area contributed by atoms with Crippen LogP contribution in [-0.4, -0.2) is 23.3 Å². The standard InChI is InChI=1S/C13H15BFNO2/c1-6-9-7-16-8-10(11(9)15)14-17-12(2,3)13(4,5)18-14/h1,7-8H,2-5H3. The third-order valence-electron chi connectivity index (χ3n) is 3.57. The van der Waals surface area contributed by atoms with Crippen LogP contribution in [-0.2, 0) is 9.31 Å². The Kier molecular flexibility index (Phi) is 2.96. The van der Waals surface area contributed by atoms with Crippen LogP contribution in [0.15, 0.2) is 12.4 Å². The molecule has 0 amide bonds. The lowest BCUT2D eigenvalue weighted by Gasteiger charge is -2.32. The van der Waals surface area contributed by atoms with Crippen LogP contribution < -0.4 is 5.46 Å². The third-order valence-corrected chi connectivity index (χ3v) is 3.57. The first-order valence-electron chi connectivity index (χ1n) is 5.74. The molecule has 0 radical (unpaired) electrons. The van der Waals surface area contributed by atoms with Crippen molar-refractivity contribution in [3.8, 4) is 12.3 Å². The second-order valence-corrected chi connectivity index (χ2v) is 5.32. The summed E-state index contributed by atoms with van der Waals surface area (Å²) in [5, 5.41) is 0. The lowest BCUT2D eigenvalue weighted by atomic mass is 9.79. The van der Waals surface area contributed by atoms with Crippen molar-refractivity contribution in [2.45, 2.75) is 38.9 Å². The Morgan fingerprint density at radius 2 is 1.78 bits per heavy atom. The number of hydrogen-bond donors (Lipinski definition) is 0. The number of hydrogen-bond acceptors (Lipinski definition) is 3. The lowest BCUT2D eigenvalue weighted by molar-refractivity contribution is 0.00578. The molecule has 0 atom stereocenters. The van der Waals surface area contributed by atoms with Gasteiger partial charge in [-0.15, -0.1) is 6.42 Å². The summed E-state index contributed by atoms with van der Waals surface area (Å²) in [6.45, 7) is 7.62. The van der Waals surface area contributed by atoms with Gasteiger partial charge in [-0.1, -0.05) is 5.92 Å². The van der Waals surface area contributed by atoms with Gasteiger partial charge >= 0.3 is 7.12 Å². The Morgan fingerprint density at radius 1 is 1.22 bits per heavy atom. The average Bonchev–Trinajstić information content (AvgIpc) is 2.48. The van der Waals surface area contributed by atoms with E-state index in [0.717, 1.165) is 0 Å². The molecule has 3 nitrogen and oxygen atoms in total. The maximum absolute atomic E-state index is 14.1. The van der Waals surface area contributed by atoms with E-state index in [-0.39, 0.29) is 11.0 Å². The monoisotopic (exact) mass is 247 g/mol. The molecule has 1 fully saturated rings. The number of nitrogens with zero attached hydrogens (tertiary/aromatic N) is 1. The smallest absolute Gasteiger partial charge is 0.399 e. The minimum Gasteiger partial charge on any atom is -0.399 e. The van der Waals surface area contributed by atoms with Crippen LogP contribution in [0.25, 0.3) is 0 Å². The van der Waals surface area contributed by atoms with Gasteiger partial charge < -0.3 is 9.31 Å². The second-order valence-electron chi connectivity index (χ2n) is 5.32. The third kappa shape index (κ3) is 1.92. The van der Waals surface area contributed by atoms with Crippen molar-refractivity contribution < 1.29 is 13.7 Å². The Balaban J connectivity index is 2.39. The van der Waals surface area contributed by atoms with Gasteiger partial charge in [0.1, 0.15) is 5.82 Å². The van der Waals surface area contributed by atoms with Crippen molar-refractivity contribution in [2.75, 3.05) is 0 Å². The second kappa shape index (κ2) is 4.08. The van der Waals surface area contributed by atoms with E-state index in [4.69, 9.17) is 15.7 Å². The molecule has 2 heterocycles. The van der Waals surface area contributed by atoms with Crippen molar-refractivity contribution in [3.05, 3.63) is 23.8 Å². The first-order valence-corrected chi connectivity index (χ1v) is 5.74. The van der Waals surface area contributed by atoms with Crippen molar-refractivity contribution in [2.24, 2.45) is 0 Å². The van der Waals surface area contributed by atoms with E-state index in [1.54, 1.807) is 0 Å². The molecule has 0 aliphatic carbocycles. The average molecular weight is 247 g/mol. The Bertz CT molecular complexity index is 506. The topological polar surface area (TPSA) is 31.4 Å². The van der Waals surface area contributed by atoms with Gasteiger partial charge in [-0.25, -0.2) is 4.39 Å². The Hall–Kier alpha value is -1.38. The molecule has 1 saturated heterocycles. The molecule has 0 aromatic carbocycles. The fourth-order valence-electron chi connectivity index (χ4n) is 1.70. The molecule has 1 aromatic rings. The van der Waals surface area contributed by atoms with Gasteiger partial charge in [0, 0.05) is 17.9 Å². The van der Waals surface area contributed by atoms with Crippen molar-refractivity contribution in [1.82, 2.24) is 4.98 Å². The molecule has 2 rings (SSSR count). The van der Waals surface area contributed by atoms with Gasteiger partial charge in [0.15, 0.2) is 0 Å². The lowest BCUT2D eigenvalue weighted by Crippen LogP contribution is -2.41. The van der Waals surface area contributed by atoms with Gasteiger partial charge in [0.25, 0.3) is 0 Å². The van der Waals surface area contributed by atoms with Gasteiger partial charge in [-0.3, -0.25) is 4.98 Å². The summed E-state index contributed by atoms with van der Waals surface area (Å²) >= 11 is 0. The van der Waals surface area contributed by atoms with Crippen LogP contribution in [0.3, 0.4) is 0 Å². The zero-order valence-electron chi connectivity index (χ0n) is 11.0. The summed E-state index contributed by atoms with van der Waals surface area (Å²) in [5.74, 6) is 1.74. The van der Waals surface area contributed by atoms with Crippen molar-refractivity contribution >= 4 is 12.6 Å². The summed E-state index contributed by atoms with van der Waals surface area (Å²) < 4.78 is 25.6. The van der Waals surface area contributed by atoms with Crippen LogP contribution in [0.5, 0.6) is 0 Å². The molecule has 0 N–H and O–H groups in total. The van der Waals surface area contributed by atoms with E-state index in [2.05, 4.69) is 10.9 Å². The van der Waals surface area contributed by atoms with Crippen LogP contribution >= 0.6 is 0 Å². The molecule has 0 saturated carbocycles. The Labute approximate surface area is 107 Å². The summed E-state index contributed by atoms with van der Waals surface area (Å²) in [6.07, 6.45) is 7.91. The molecule has 1 aromatic heterocycles. The van der Waals surface area contributed by atoms with Gasteiger partial charge in [-0.05, 0) is 27.7 Å². The van der Waals surface area contributed by atoms with E-state index in [1.807, 2.05) is 27.7 Å². The zero-order valence-corrected chi connectivity index (χ0v) is 11.0. The maximum Gasteiger partial charge on any atom is 0.499 e. The summed E-state index contributed by atoms with van der Waals surface area (Å²) in [5.41, 5.74) is -0.682. The summed E-state index contributed by atoms with van der Waals surface area (Å²) in [7, 11) is -0.782. The number of terminal acetylenes is 1. The fourth-order valence-corrected chi connectivity index (χ4v) is 1.70. The molecule has 5 heteroatoms. The highest BCUT2D eigenvalue weighted by Crippen LogP contribution is 2.36. The highest BCUT2D eigenvalue weighted by molar-refractivity contribution is 6.62. The van der Waals surface area contributed by atoms with E-state index >= 15 is 0 Å². The fraction of sp³-hybridized carbons (Fsp3) is 0.462. The number of rotatable bonds is 1. The molecule has 0 unspecified atom stereocenters. The number of pyridine rings is 1. The van der Waals surface area contributed by atoms with Crippen LogP contribution in [0.1, 0.15) is 33.3 Å². The number of halogens is 1. The van der Waals surface area contributed by atoms with E-state index < -0.39 is 24.1 Å². The SMILES string of the molecule is C#Cc1cncc(B2OC(C)(C)C(C)(C)O2)c1F. The largest absolute Gasteiger partial charge is 0.499 e. The molecule has 18 heavy (non-hydrogen) atoms. The van der Waals surface area contributed by atoms with Gasteiger partial charge in [0.2, 0.25) is 0 Å². The Morgan fingerprint density at radius 3 is 2.28 bits per heavy atom. The minimum atomic E-state index is -0.782. The zero-order chi connectivity index (χ0) is 13.6. The van der Waals surface area contributed by atoms with Crippen molar-refractivity contribution in [1.29, 1.82) is 0 Å². The molecule has 1 aliphatic heterocycles. The van der Waals surface area contributed by atoms with Crippen LogP contribution in [0.2, 0.25) is 0 Å². The van der Waals surface area contributed by atoms with Crippen molar-refractivity contribution in [3.63, 3.8) is 0 Å². The molecule has 94 valence electrons. The predicted octanol–water partition coefficient (Wildman–Crippen LogP) is 1.50. The molecular weight excluding hydrogens is 232 g/mol. The normalized spacial score (nSPS) is 20.8. The molecule has 1 aliphatic rings. The minimum absolute atomic E-state index is 0.113. The van der Waals surface area contributed by atoms with Crippen LogP contribution in [0.4, 0.5) is 4.39 Å². The molecule has 0 bridgehead atoms. The van der Waals surface area contributed by atoms with E-state index in [0.29, 0.717) is 0 Å². The first kappa shape index (κ1) is 13.1. The highest BCUT2D eigenvalue weighted by atomic mass is 19.1.